The number of amides is 1. The summed E-state index contributed by atoms with van der Waals surface area (Å²) in [7, 11) is 0. The number of hydrogen-bond acceptors (Lipinski definition) is 4. The molecule has 1 aliphatic carbocycles. The largest absolute Gasteiger partial charge is 0.339 e. The molecular weight excluding hydrogens is 246 g/mol. The van der Waals surface area contributed by atoms with Crippen molar-refractivity contribution in [1.82, 2.24) is 14.2 Å². The average Bonchev–Trinajstić information content (AvgIpc) is 3.21. The SMILES string of the molecule is O=C(N1CCN(S)CC1)C1(c2ccccn2)CC1. The van der Waals surface area contributed by atoms with E-state index in [2.05, 4.69) is 17.8 Å². The second kappa shape index (κ2) is 4.55. The summed E-state index contributed by atoms with van der Waals surface area (Å²) in [4.78, 5) is 19.0. The van der Waals surface area contributed by atoms with Gasteiger partial charge >= 0.3 is 0 Å². The van der Waals surface area contributed by atoms with Gasteiger partial charge in [0, 0.05) is 32.4 Å². The van der Waals surface area contributed by atoms with E-state index in [1.54, 1.807) is 6.20 Å². The Hall–Kier alpha value is -1.07. The minimum atomic E-state index is -0.319. The molecule has 2 aliphatic rings. The van der Waals surface area contributed by atoms with Gasteiger partial charge in [-0.05, 0) is 25.0 Å². The lowest BCUT2D eigenvalue weighted by Gasteiger charge is -2.34. The number of nitrogens with zero attached hydrogens (tertiary/aromatic N) is 3. The molecule has 0 N–H and O–H groups in total. The molecule has 0 atom stereocenters. The number of carbonyl (C=O) groups excluding carboxylic acids is 1. The van der Waals surface area contributed by atoms with Crippen LogP contribution in [0.4, 0.5) is 0 Å². The quantitative estimate of drug-likeness (QED) is 0.812. The minimum Gasteiger partial charge on any atom is -0.339 e. The van der Waals surface area contributed by atoms with Crippen LogP contribution >= 0.6 is 12.8 Å². The third kappa shape index (κ3) is 2.01. The predicted molar refractivity (Wildman–Crippen MR) is 72.3 cm³/mol. The zero-order chi connectivity index (χ0) is 12.6. The maximum Gasteiger partial charge on any atom is 0.234 e. The van der Waals surface area contributed by atoms with E-state index in [1.807, 2.05) is 27.4 Å². The number of rotatable bonds is 2. The number of aromatic nitrogens is 1. The zero-order valence-corrected chi connectivity index (χ0v) is 11.1. The molecule has 2 heterocycles. The van der Waals surface area contributed by atoms with Crippen LogP contribution in [0.5, 0.6) is 0 Å². The van der Waals surface area contributed by atoms with Crippen LogP contribution in [0.2, 0.25) is 0 Å². The molecule has 18 heavy (non-hydrogen) atoms. The van der Waals surface area contributed by atoms with Gasteiger partial charge in [0.1, 0.15) is 0 Å². The molecule has 2 fully saturated rings. The monoisotopic (exact) mass is 263 g/mol. The Kier molecular flexibility index (Phi) is 3.03. The van der Waals surface area contributed by atoms with E-state index in [1.165, 1.54) is 0 Å². The maximum absolute atomic E-state index is 12.6. The van der Waals surface area contributed by atoms with Crippen molar-refractivity contribution in [2.75, 3.05) is 26.2 Å². The van der Waals surface area contributed by atoms with Crippen molar-refractivity contribution in [1.29, 1.82) is 0 Å². The summed E-state index contributed by atoms with van der Waals surface area (Å²) < 4.78 is 1.96. The highest BCUT2D eigenvalue weighted by Crippen LogP contribution is 2.48. The Balaban J connectivity index is 1.77. The second-order valence-electron chi connectivity index (χ2n) is 5.04. The lowest BCUT2D eigenvalue weighted by molar-refractivity contribution is -0.135. The summed E-state index contributed by atoms with van der Waals surface area (Å²) in [5.41, 5.74) is 0.614. The first-order chi connectivity index (χ1) is 8.72. The first kappa shape index (κ1) is 12.0. The summed E-state index contributed by atoms with van der Waals surface area (Å²) in [6.07, 6.45) is 3.64. The van der Waals surface area contributed by atoms with Crippen molar-refractivity contribution >= 4 is 18.7 Å². The zero-order valence-electron chi connectivity index (χ0n) is 10.2. The Labute approximate surface area is 113 Å². The normalized spacial score (nSPS) is 22.8. The Morgan fingerprint density at radius 1 is 1.22 bits per heavy atom. The Bertz CT molecular complexity index is 439. The summed E-state index contributed by atoms with van der Waals surface area (Å²) in [5.74, 6) is 0.252. The van der Waals surface area contributed by atoms with Crippen molar-refractivity contribution in [3.8, 4) is 0 Å². The van der Waals surface area contributed by atoms with Crippen LogP contribution in [0.15, 0.2) is 24.4 Å². The lowest BCUT2D eigenvalue weighted by Crippen LogP contribution is -2.49. The standard InChI is InChI=1S/C13H17N3OS/c17-12(15-7-9-16(18)10-8-15)13(4-5-13)11-3-1-2-6-14-11/h1-3,6,18H,4-5,7-10H2. The Morgan fingerprint density at radius 2 is 1.94 bits per heavy atom. The van der Waals surface area contributed by atoms with E-state index in [4.69, 9.17) is 0 Å². The molecule has 1 aliphatic heterocycles. The van der Waals surface area contributed by atoms with Gasteiger partial charge in [0.15, 0.2) is 0 Å². The fourth-order valence-electron chi connectivity index (χ4n) is 2.55. The lowest BCUT2D eigenvalue weighted by atomic mass is 9.99. The van der Waals surface area contributed by atoms with E-state index >= 15 is 0 Å². The number of pyridine rings is 1. The summed E-state index contributed by atoms with van der Waals surface area (Å²) >= 11 is 4.31. The van der Waals surface area contributed by atoms with Crippen molar-refractivity contribution in [3.63, 3.8) is 0 Å². The fraction of sp³-hybridized carbons (Fsp3) is 0.538. The molecule has 1 saturated carbocycles. The molecule has 5 heteroatoms. The van der Waals surface area contributed by atoms with E-state index < -0.39 is 0 Å². The predicted octanol–water partition coefficient (Wildman–Crippen LogP) is 1.10. The van der Waals surface area contributed by atoms with Crippen molar-refractivity contribution in [3.05, 3.63) is 30.1 Å². The van der Waals surface area contributed by atoms with Gasteiger partial charge in [-0.3, -0.25) is 9.78 Å². The third-order valence-electron chi connectivity index (χ3n) is 3.86. The van der Waals surface area contributed by atoms with E-state index in [9.17, 15) is 4.79 Å². The number of hydrogen-bond donors (Lipinski definition) is 1. The maximum atomic E-state index is 12.6. The molecule has 0 aromatic carbocycles. The van der Waals surface area contributed by atoms with E-state index in [0.29, 0.717) is 0 Å². The molecule has 0 spiro atoms. The van der Waals surface area contributed by atoms with Crippen molar-refractivity contribution in [2.45, 2.75) is 18.3 Å². The van der Waals surface area contributed by atoms with Gasteiger partial charge in [-0.2, -0.15) is 0 Å². The van der Waals surface area contributed by atoms with Gasteiger partial charge in [0.2, 0.25) is 5.91 Å². The van der Waals surface area contributed by atoms with Crippen LogP contribution in [0, 0.1) is 0 Å². The molecule has 96 valence electrons. The molecule has 0 unspecified atom stereocenters. The molecule has 3 rings (SSSR count). The summed E-state index contributed by atoms with van der Waals surface area (Å²) in [5, 5.41) is 0. The molecule has 1 aromatic heterocycles. The van der Waals surface area contributed by atoms with Gasteiger partial charge in [0.25, 0.3) is 0 Å². The number of carbonyl (C=O) groups is 1. The van der Waals surface area contributed by atoms with Gasteiger partial charge in [-0.25, -0.2) is 4.31 Å². The highest BCUT2D eigenvalue weighted by molar-refractivity contribution is 7.77. The Morgan fingerprint density at radius 3 is 2.50 bits per heavy atom. The first-order valence-corrected chi connectivity index (χ1v) is 6.77. The van der Waals surface area contributed by atoms with E-state index in [-0.39, 0.29) is 11.3 Å². The molecule has 1 amide bonds. The van der Waals surface area contributed by atoms with Crippen LogP contribution in [0.25, 0.3) is 0 Å². The smallest absolute Gasteiger partial charge is 0.234 e. The second-order valence-corrected chi connectivity index (χ2v) is 5.61. The van der Waals surface area contributed by atoms with E-state index in [0.717, 1.165) is 44.7 Å². The van der Waals surface area contributed by atoms with Gasteiger partial charge in [-0.15, -0.1) is 0 Å². The van der Waals surface area contributed by atoms with Crippen LogP contribution in [-0.4, -0.2) is 46.3 Å². The van der Waals surface area contributed by atoms with Gasteiger partial charge in [-0.1, -0.05) is 18.9 Å². The topological polar surface area (TPSA) is 36.4 Å². The first-order valence-electron chi connectivity index (χ1n) is 6.37. The molecular formula is C13H17N3OS. The highest BCUT2D eigenvalue weighted by Gasteiger charge is 2.54. The van der Waals surface area contributed by atoms with Crippen LogP contribution in [0.3, 0.4) is 0 Å². The van der Waals surface area contributed by atoms with Crippen LogP contribution in [-0.2, 0) is 10.2 Å². The minimum absolute atomic E-state index is 0.252. The average molecular weight is 263 g/mol. The van der Waals surface area contributed by atoms with Crippen LogP contribution < -0.4 is 0 Å². The van der Waals surface area contributed by atoms with Crippen molar-refractivity contribution < 1.29 is 4.79 Å². The summed E-state index contributed by atoms with van der Waals surface area (Å²) in [6.45, 7) is 3.23. The molecule has 1 saturated heterocycles. The molecule has 0 radical (unpaired) electrons. The molecule has 4 nitrogen and oxygen atoms in total. The summed E-state index contributed by atoms with van der Waals surface area (Å²) in [6, 6.07) is 5.82. The van der Waals surface area contributed by atoms with Crippen molar-refractivity contribution in [2.24, 2.45) is 0 Å². The molecule has 1 aromatic rings. The number of thiol groups is 1. The van der Waals surface area contributed by atoms with Crippen LogP contribution in [0.1, 0.15) is 18.5 Å². The fourth-order valence-corrected chi connectivity index (χ4v) is 2.73. The highest BCUT2D eigenvalue weighted by atomic mass is 32.1. The third-order valence-corrected chi connectivity index (χ3v) is 4.26. The van der Waals surface area contributed by atoms with Gasteiger partial charge < -0.3 is 4.90 Å². The number of piperazine rings is 1. The molecule has 0 bridgehead atoms. The van der Waals surface area contributed by atoms with Gasteiger partial charge in [0.05, 0.1) is 11.1 Å².